The zero-order valence-electron chi connectivity index (χ0n) is 56.7. The Hall–Kier alpha value is -1.40. The molecule has 2 unspecified atom stereocenters. The summed E-state index contributed by atoms with van der Waals surface area (Å²) in [5.74, 6) is -0.0144. The predicted molar refractivity (Wildman–Crippen MR) is 366 cm³/mol. The number of esters is 1. The second-order valence-corrected chi connectivity index (χ2v) is 26.7. The van der Waals surface area contributed by atoms with Gasteiger partial charge in [-0.3, -0.25) is 9.59 Å². The van der Waals surface area contributed by atoms with Crippen molar-refractivity contribution in [3.63, 3.8) is 0 Å². The molecule has 0 bridgehead atoms. The van der Waals surface area contributed by atoms with Gasteiger partial charge in [0.05, 0.1) is 25.4 Å². The van der Waals surface area contributed by atoms with Gasteiger partial charge in [-0.15, -0.1) is 0 Å². The normalized spacial score (nSPS) is 12.5. The minimum Gasteiger partial charge on any atom is -0.466 e. The van der Waals surface area contributed by atoms with Crippen molar-refractivity contribution in [1.82, 2.24) is 5.32 Å². The van der Waals surface area contributed by atoms with Crippen LogP contribution in [-0.4, -0.2) is 47.4 Å². The van der Waals surface area contributed by atoms with E-state index in [9.17, 15) is 19.8 Å². The Bertz CT molecular complexity index is 1260. The smallest absolute Gasteiger partial charge is 0.305 e. The first kappa shape index (κ1) is 81.6. The Kier molecular flexibility index (Phi) is 71.8. The van der Waals surface area contributed by atoms with Gasteiger partial charge in [0.15, 0.2) is 0 Å². The van der Waals surface area contributed by atoms with Crippen LogP contribution in [0.15, 0.2) is 12.2 Å². The Balaban J connectivity index is 3.35. The van der Waals surface area contributed by atoms with E-state index in [2.05, 4.69) is 31.3 Å². The molecule has 494 valence electrons. The van der Waals surface area contributed by atoms with Crippen molar-refractivity contribution in [3.05, 3.63) is 12.2 Å². The van der Waals surface area contributed by atoms with E-state index in [0.717, 1.165) is 44.9 Å². The third-order valence-corrected chi connectivity index (χ3v) is 18.3. The fraction of sp³-hybridized carbons (Fsp3) is 0.948. The molecule has 0 aromatic carbocycles. The van der Waals surface area contributed by atoms with E-state index in [1.165, 1.54) is 366 Å². The standard InChI is InChI=1S/C77H151NO5/c1-3-5-7-9-11-13-15-17-19-21-22-23-29-32-35-38-41-45-49-53-57-61-65-69-75(80)74(73-79)78-76(81)70-66-62-58-54-50-46-42-39-36-33-30-27-25-24-26-28-31-34-37-40-44-48-52-56-60-64-68-72-83-77(82)71-67-63-59-55-51-47-43-20-18-16-14-12-10-8-6-4-2/h20,43,74-75,79-80H,3-19,21-42,44-73H2,1-2H3,(H,78,81)/b43-20-. The maximum Gasteiger partial charge on any atom is 0.305 e. The lowest BCUT2D eigenvalue weighted by molar-refractivity contribution is -0.143. The van der Waals surface area contributed by atoms with Gasteiger partial charge in [0.25, 0.3) is 0 Å². The number of unbranched alkanes of at least 4 members (excludes halogenated alkanes) is 60. The summed E-state index contributed by atoms with van der Waals surface area (Å²) in [5.41, 5.74) is 0. The molecule has 0 aromatic rings. The molecule has 0 radical (unpaired) electrons. The number of carbonyl (C=O) groups excluding carboxylic acids is 2. The van der Waals surface area contributed by atoms with E-state index in [1.807, 2.05) is 0 Å². The monoisotopic (exact) mass is 1170 g/mol. The van der Waals surface area contributed by atoms with Crippen LogP contribution < -0.4 is 5.32 Å². The molecule has 0 saturated heterocycles. The molecule has 0 fully saturated rings. The Morgan fingerprint density at radius 2 is 0.566 bits per heavy atom. The highest BCUT2D eigenvalue weighted by Gasteiger charge is 2.20. The number of amides is 1. The molecule has 3 N–H and O–H groups in total. The zero-order valence-corrected chi connectivity index (χ0v) is 56.7. The molecule has 0 rings (SSSR count). The Morgan fingerprint density at radius 3 is 0.855 bits per heavy atom. The van der Waals surface area contributed by atoms with Crippen LogP contribution in [0, 0.1) is 0 Å². The van der Waals surface area contributed by atoms with Crippen molar-refractivity contribution in [2.24, 2.45) is 0 Å². The number of aliphatic hydroxyl groups is 2. The molecule has 0 aliphatic carbocycles. The van der Waals surface area contributed by atoms with Gasteiger partial charge in [-0.05, 0) is 51.4 Å². The maximum absolute atomic E-state index is 12.6. The van der Waals surface area contributed by atoms with E-state index < -0.39 is 12.1 Å². The van der Waals surface area contributed by atoms with Crippen molar-refractivity contribution >= 4 is 11.9 Å². The largest absolute Gasteiger partial charge is 0.466 e. The quantitative estimate of drug-likeness (QED) is 0.0320. The zero-order chi connectivity index (χ0) is 59.9. The van der Waals surface area contributed by atoms with Crippen LogP contribution in [0.4, 0.5) is 0 Å². The van der Waals surface area contributed by atoms with E-state index >= 15 is 0 Å². The fourth-order valence-corrected chi connectivity index (χ4v) is 12.5. The van der Waals surface area contributed by atoms with Crippen LogP contribution in [0.25, 0.3) is 0 Å². The lowest BCUT2D eigenvalue weighted by Gasteiger charge is -2.22. The lowest BCUT2D eigenvalue weighted by Crippen LogP contribution is -2.45. The number of hydrogen-bond acceptors (Lipinski definition) is 5. The highest BCUT2D eigenvalue weighted by molar-refractivity contribution is 5.76. The van der Waals surface area contributed by atoms with Crippen LogP contribution in [0.3, 0.4) is 0 Å². The van der Waals surface area contributed by atoms with Crippen molar-refractivity contribution in [2.45, 2.75) is 456 Å². The summed E-state index contributed by atoms with van der Waals surface area (Å²) in [7, 11) is 0. The van der Waals surface area contributed by atoms with Gasteiger partial charge in [0.2, 0.25) is 5.91 Å². The molecule has 0 spiro atoms. The molecular formula is C77H151NO5. The average molecular weight is 1170 g/mol. The molecular weight excluding hydrogens is 1020 g/mol. The van der Waals surface area contributed by atoms with Crippen molar-refractivity contribution in [1.29, 1.82) is 0 Å². The molecule has 0 aromatic heterocycles. The summed E-state index contributed by atoms with van der Waals surface area (Å²) in [4.78, 5) is 24.7. The number of hydrogen-bond donors (Lipinski definition) is 3. The van der Waals surface area contributed by atoms with Crippen molar-refractivity contribution < 1.29 is 24.5 Å². The molecule has 0 saturated carbocycles. The summed E-state index contributed by atoms with van der Waals surface area (Å²) >= 11 is 0. The van der Waals surface area contributed by atoms with E-state index in [0.29, 0.717) is 25.9 Å². The second kappa shape index (κ2) is 73.1. The summed E-state index contributed by atoms with van der Waals surface area (Å²) in [6, 6.07) is -0.540. The number of aliphatic hydroxyl groups excluding tert-OH is 2. The van der Waals surface area contributed by atoms with E-state index in [4.69, 9.17) is 4.74 Å². The SMILES string of the molecule is CCCCCCCCC/C=C\CCCCCCCC(=O)OCCCCCCCCCCCCCCCCCCCCCCCCCCCCCC(=O)NC(CO)C(O)CCCCCCCCCCCCCCCCCCCCCCCCC. The molecule has 6 nitrogen and oxygen atoms in total. The highest BCUT2D eigenvalue weighted by atomic mass is 16.5. The van der Waals surface area contributed by atoms with Gasteiger partial charge >= 0.3 is 5.97 Å². The molecule has 0 aliphatic rings. The molecule has 6 heteroatoms. The van der Waals surface area contributed by atoms with Gasteiger partial charge in [-0.25, -0.2) is 0 Å². The summed E-state index contributed by atoms with van der Waals surface area (Å²) in [5, 5.41) is 23.5. The van der Waals surface area contributed by atoms with Crippen LogP contribution in [0.2, 0.25) is 0 Å². The van der Waals surface area contributed by atoms with Gasteiger partial charge in [-0.1, -0.05) is 392 Å². The molecule has 0 heterocycles. The van der Waals surface area contributed by atoms with Gasteiger partial charge in [0, 0.05) is 12.8 Å². The van der Waals surface area contributed by atoms with E-state index in [1.54, 1.807) is 0 Å². The van der Waals surface area contributed by atoms with E-state index in [-0.39, 0.29) is 18.5 Å². The maximum atomic E-state index is 12.6. The van der Waals surface area contributed by atoms with Gasteiger partial charge in [-0.2, -0.15) is 0 Å². The van der Waals surface area contributed by atoms with Crippen LogP contribution in [0.1, 0.15) is 444 Å². The molecule has 0 aliphatic heterocycles. The minimum atomic E-state index is -0.663. The number of carbonyl (C=O) groups is 2. The van der Waals surface area contributed by atoms with Crippen LogP contribution >= 0.6 is 0 Å². The Labute approximate surface area is 520 Å². The molecule has 2 atom stereocenters. The number of allylic oxidation sites excluding steroid dienone is 2. The average Bonchev–Trinajstić information content (AvgIpc) is 3.49. The van der Waals surface area contributed by atoms with Gasteiger partial charge in [0.1, 0.15) is 0 Å². The lowest BCUT2D eigenvalue weighted by atomic mass is 10.0. The first-order chi connectivity index (χ1) is 41.0. The minimum absolute atomic E-state index is 0.0121. The molecule has 83 heavy (non-hydrogen) atoms. The summed E-state index contributed by atoms with van der Waals surface area (Å²) < 4.78 is 5.50. The fourth-order valence-electron chi connectivity index (χ4n) is 12.5. The predicted octanol–water partition coefficient (Wildman–Crippen LogP) is 25.1. The topological polar surface area (TPSA) is 95.9 Å². The van der Waals surface area contributed by atoms with Crippen molar-refractivity contribution in [2.75, 3.05) is 13.2 Å². The summed E-state index contributed by atoms with van der Waals surface area (Å²) in [6.07, 6.45) is 91.4. The van der Waals surface area contributed by atoms with Crippen LogP contribution in [0.5, 0.6) is 0 Å². The first-order valence-electron chi connectivity index (χ1n) is 38.4. The molecule has 1 amide bonds. The summed E-state index contributed by atoms with van der Waals surface area (Å²) in [6.45, 7) is 5.00. The number of ether oxygens (including phenoxy) is 1. The van der Waals surface area contributed by atoms with Crippen molar-refractivity contribution in [3.8, 4) is 0 Å². The van der Waals surface area contributed by atoms with Gasteiger partial charge < -0.3 is 20.3 Å². The third-order valence-electron chi connectivity index (χ3n) is 18.3. The highest BCUT2D eigenvalue weighted by Crippen LogP contribution is 2.20. The second-order valence-electron chi connectivity index (χ2n) is 26.7. The Morgan fingerprint density at radius 1 is 0.325 bits per heavy atom. The number of rotatable bonds is 73. The third kappa shape index (κ3) is 69.6. The number of nitrogens with one attached hydrogen (secondary N) is 1. The van der Waals surface area contributed by atoms with Crippen LogP contribution in [-0.2, 0) is 14.3 Å². The first-order valence-corrected chi connectivity index (χ1v) is 38.4.